The molecule has 2 N–H and O–H groups in total. The summed E-state index contributed by atoms with van der Waals surface area (Å²) in [6, 6.07) is 22.2. The van der Waals surface area contributed by atoms with Crippen LogP contribution in [0.3, 0.4) is 0 Å². The Morgan fingerprint density at radius 3 is 2.23 bits per heavy atom. The number of nitrogens with one attached hydrogen (secondary N) is 1. The second-order valence-electron chi connectivity index (χ2n) is 13.5. The first-order valence-corrected chi connectivity index (χ1v) is 17.1. The van der Waals surface area contributed by atoms with E-state index in [2.05, 4.69) is 10.2 Å². The van der Waals surface area contributed by atoms with Crippen LogP contribution in [0.15, 0.2) is 109 Å². The molecule has 6 atom stereocenters. The predicted octanol–water partition coefficient (Wildman–Crippen LogP) is 7.27. The number of allylic oxidation sites excluding steroid dienone is 2. The highest BCUT2D eigenvalue weighted by Crippen LogP contribution is 2.65. The van der Waals surface area contributed by atoms with Crippen LogP contribution in [0.2, 0.25) is 5.02 Å². The lowest BCUT2D eigenvalue weighted by Crippen LogP contribution is -2.53. The first kappa shape index (κ1) is 34.4. The van der Waals surface area contributed by atoms with Crippen molar-refractivity contribution in [3.63, 3.8) is 0 Å². The number of nitrogens with zero attached hydrogens (tertiary/aromatic N) is 2. The van der Waals surface area contributed by atoms with Crippen molar-refractivity contribution in [2.45, 2.75) is 30.5 Å². The van der Waals surface area contributed by atoms with Crippen LogP contribution >= 0.6 is 11.6 Å². The van der Waals surface area contributed by atoms with Gasteiger partial charge in [-0.25, -0.2) is 4.39 Å². The van der Waals surface area contributed by atoms with Gasteiger partial charge in [-0.15, -0.1) is 13.2 Å². The van der Waals surface area contributed by atoms with E-state index in [-0.39, 0.29) is 29.7 Å². The van der Waals surface area contributed by atoms with Crippen LogP contribution in [0.1, 0.15) is 29.9 Å². The molecule has 0 radical (unpaired) electrons. The fourth-order valence-electron chi connectivity index (χ4n) is 8.79. The first-order valence-electron chi connectivity index (χ1n) is 16.7. The van der Waals surface area contributed by atoms with Crippen molar-refractivity contribution in [3.8, 4) is 11.5 Å². The van der Waals surface area contributed by atoms with Crippen LogP contribution in [-0.4, -0.2) is 40.1 Å². The lowest BCUT2D eigenvalue weighted by molar-refractivity contribution is -0.274. The zero-order valence-electron chi connectivity index (χ0n) is 27.4. The Labute approximate surface area is 304 Å². The van der Waals surface area contributed by atoms with E-state index in [1.807, 2.05) is 0 Å². The van der Waals surface area contributed by atoms with Crippen LogP contribution in [-0.2, 0) is 24.6 Å². The van der Waals surface area contributed by atoms with Crippen LogP contribution in [0, 0.1) is 29.5 Å². The number of hydrazine groups is 1. The number of benzene rings is 4. The zero-order valence-corrected chi connectivity index (χ0v) is 28.1. The van der Waals surface area contributed by atoms with Crippen LogP contribution < -0.4 is 15.1 Å². The smallest absolute Gasteiger partial charge is 0.508 e. The minimum absolute atomic E-state index is 0.0431. The Kier molecular flexibility index (Phi) is 8.09. The standard InChI is InChI=1S/C39H28ClF4N3O6/c40-21-8-6-20(7-9-21)38-30(35(50)47(37(38)52)45-23-12-10-22(41)11-13-23)19-28-26(33(38)29-18-25(14-17-31(29)48)53-39(42,43)44)15-16-27-32(28)36(51)46(34(27)49)24-4-2-1-3-5-24/h1-15,17-18,27-28,30,32-33,45,48H,16,19H2/t27-,28+,30-,32-,33+,38+/m0/s1. The summed E-state index contributed by atoms with van der Waals surface area (Å²) in [6.07, 6.45) is -3.47. The number of phenols is 1. The molecule has 4 amide bonds. The molecule has 1 saturated carbocycles. The second-order valence-corrected chi connectivity index (χ2v) is 13.9. The number of aromatic hydroxyl groups is 1. The van der Waals surface area contributed by atoms with Gasteiger partial charge in [0.15, 0.2) is 0 Å². The number of alkyl halides is 3. The van der Waals surface area contributed by atoms with E-state index in [0.29, 0.717) is 16.3 Å². The van der Waals surface area contributed by atoms with E-state index in [0.717, 1.165) is 40.2 Å². The third-order valence-electron chi connectivity index (χ3n) is 10.8. The number of anilines is 2. The molecule has 8 rings (SSSR count). The molecule has 2 heterocycles. The summed E-state index contributed by atoms with van der Waals surface area (Å²) in [7, 11) is 0. The molecule has 53 heavy (non-hydrogen) atoms. The maximum absolute atomic E-state index is 15.2. The fourth-order valence-corrected chi connectivity index (χ4v) is 8.92. The predicted molar refractivity (Wildman–Crippen MR) is 183 cm³/mol. The number of phenolic OH excluding ortho intramolecular Hbond substituents is 1. The molecule has 270 valence electrons. The van der Waals surface area contributed by atoms with E-state index in [4.69, 9.17) is 11.6 Å². The van der Waals surface area contributed by atoms with Crippen LogP contribution in [0.5, 0.6) is 11.5 Å². The lowest BCUT2D eigenvalue weighted by atomic mass is 9.49. The molecule has 4 aromatic carbocycles. The molecule has 9 nitrogen and oxygen atoms in total. The molecule has 2 aliphatic carbocycles. The Morgan fingerprint density at radius 1 is 0.849 bits per heavy atom. The van der Waals surface area contributed by atoms with Gasteiger partial charge in [0.1, 0.15) is 17.3 Å². The van der Waals surface area contributed by atoms with Crippen molar-refractivity contribution < 1.29 is 46.6 Å². The van der Waals surface area contributed by atoms with Crippen LogP contribution in [0.4, 0.5) is 28.9 Å². The maximum atomic E-state index is 15.2. The SMILES string of the molecule is O=C1[C@@H]2C[C@@H]3C(=CC[C@@H]4C(=O)N(c5ccccc5)C(=O)[C@@H]43)[C@H](c3cc(OC(F)(F)F)ccc3O)[C@]2(c2ccc(Cl)cc2)C(=O)N1Nc1ccc(F)cc1. The summed E-state index contributed by atoms with van der Waals surface area (Å²) in [5.41, 5.74) is 1.91. The largest absolute Gasteiger partial charge is 0.573 e. The number of imide groups is 2. The van der Waals surface area contributed by atoms with E-state index < -0.39 is 82.3 Å². The van der Waals surface area contributed by atoms with Gasteiger partial charge in [-0.2, -0.15) is 5.01 Å². The van der Waals surface area contributed by atoms with Gasteiger partial charge in [-0.05, 0) is 91.1 Å². The highest BCUT2D eigenvalue weighted by Gasteiger charge is 2.70. The minimum atomic E-state index is -5.11. The number of ether oxygens (including phenoxy) is 1. The van der Waals surface area contributed by atoms with Crippen LogP contribution in [0.25, 0.3) is 0 Å². The molecule has 3 fully saturated rings. The van der Waals surface area contributed by atoms with Crippen molar-refractivity contribution in [2.75, 3.05) is 10.3 Å². The second kappa shape index (κ2) is 12.5. The average Bonchev–Trinajstić information content (AvgIpc) is 3.51. The molecular formula is C39H28ClF4N3O6. The van der Waals surface area contributed by atoms with Gasteiger partial charge in [-0.1, -0.05) is 53.6 Å². The first-order chi connectivity index (χ1) is 25.3. The molecular weight excluding hydrogens is 718 g/mol. The Bertz CT molecular complexity index is 2200. The fraction of sp³-hybridized carbons (Fsp3) is 0.231. The zero-order chi connectivity index (χ0) is 37.4. The molecule has 0 bridgehead atoms. The van der Waals surface area contributed by atoms with Crippen molar-refractivity contribution in [2.24, 2.45) is 23.7 Å². The number of rotatable bonds is 6. The number of para-hydroxylation sites is 1. The third kappa shape index (κ3) is 5.44. The van der Waals surface area contributed by atoms with E-state index in [1.165, 1.54) is 36.4 Å². The molecule has 2 aliphatic heterocycles. The van der Waals surface area contributed by atoms with Crippen molar-refractivity contribution in [1.29, 1.82) is 0 Å². The number of carbonyl (C=O) groups is 4. The Hall–Kier alpha value is -5.69. The van der Waals surface area contributed by atoms with E-state index in [1.54, 1.807) is 36.4 Å². The molecule has 0 spiro atoms. The Morgan fingerprint density at radius 2 is 1.55 bits per heavy atom. The summed E-state index contributed by atoms with van der Waals surface area (Å²) in [4.78, 5) is 59.2. The number of fused-ring (bicyclic) bond motifs is 4. The topological polar surface area (TPSA) is 116 Å². The molecule has 4 aromatic rings. The Balaban J connectivity index is 1.35. The summed E-state index contributed by atoms with van der Waals surface area (Å²) in [5, 5.41) is 12.6. The highest BCUT2D eigenvalue weighted by molar-refractivity contribution is 6.30. The van der Waals surface area contributed by atoms with Gasteiger partial charge in [0, 0.05) is 16.5 Å². The summed E-state index contributed by atoms with van der Waals surface area (Å²) in [5.74, 6) is -9.57. The number of hydrogen-bond acceptors (Lipinski definition) is 7. The van der Waals surface area contributed by atoms with Crippen molar-refractivity contribution in [3.05, 3.63) is 131 Å². The molecule has 0 unspecified atom stereocenters. The number of halogens is 5. The average molecular weight is 746 g/mol. The van der Waals surface area contributed by atoms with Crippen molar-refractivity contribution >= 4 is 46.6 Å². The third-order valence-corrected chi connectivity index (χ3v) is 11.1. The highest BCUT2D eigenvalue weighted by atomic mass is 35.5. The molecule has 4 aliphatic rings. The monoisotopic (exact) mass is 745 g/mol. The van der Waals surface area contributed by atoms with Gasteiger partial charge in [0.05, 0.1) is 34.5 Å². The lowest BCUT2D eigenvalue weighted by Gasteiger charge is -2.50. The van der Waals surface area contributed by atoms with Gasteiger partial charge in [0.2, 0.25) is 11.8 Å². The molecule has 2 saturated heterocycles. The van der Waals surface area contributed by atoms with E-state index >= 15 is 4.79 Å². The quantitative estimate of drug-likeness (QED) is 0.121. The van der Waals surface area contributed by atoms with Gasteiger partial charge in [0.25, 0.3) is 11.8 Å². The summed E-state index contributed by atoms with van der Waals surface area (Å²) < 4.78 is 58.8. The molecule has 14 heteroatoms. The van der Waals surface area contributed by atoms with Gasteiger partial charge >= 0.3 is 6.36 Å². The van der Waals surface area contributed by atoms with Gasteiger partial charge in [-0.3, -0.25) is 29.5 Å². The number of hydrogen-bond donors (Lipinski definition) is 2. The minimum Gasteiger partial charge on any atom is -0.508 e. The van der Waals surface area contributed by atoms with Gasteiger partial charge < -0.3 is 9.84 Å². The summed E-state index contributed by atoms with van der Waals surface area (Å²) in [6.45, 7) is 0. The summed E-state index contributed by atoms with van der Waals surface area (Å²) >= 11 is 6.28. The van der Waals surface area contributed by atoms with E-state index in [9.17, 15) is 37.1 Å². The number of carbonyl (C=O) groups excluding carboxylic acids is 4. The van der Waals surface area contributed by atoms with Crippen molar-refractivity contribution in [1.82, 2.24) is 5.01 Å². The maximum Gasteiger partial charge on any atom is 0.573 e. The normalized spacial score (nSPS) is 26.6. The number of amides is 4. The molecule has 0 aromatic heterocycles.